The average Bonchev–Trinajstić information content (AvgIpc) is 2.83. The molecular formula is C12H18N2S2. The van der Waals surface area contributed by atoms with Crippen LogP contribution in [0, 0.1) is 12.8 Å². The van der Waals surface area contributed by atoms with E-state index >= 15 is 0 Å². The zero-order valence-electron chi connectivity index (χ0n) is 9.99. The van der Waals surface area contributed by atoms with Gasteiger partial charge >= 0.3 is 0 Å². The molecule has 1 aliphatic rings. The number of rotatable bonds is 3. The highest BCUT2D eigenvalue weighted by Gasteiger charge is 2.22. The van der Waals surface area contributed by atoms with Gasteiger partial charge in [0.1, 0.15) is 0 Å². The molecule has 0 aromatic carbocycles. The minimum atomic E-state index is 0.591. The van der Waals surface area contributed by atoms with Gasteiger partial charge in [0.2, 0.25) is 0 Å². The molecule has 2 heterocycles. The first-order chi connectivity index (χ1) is 7.66. The summed E-state index contributed by atoms with van der Waals surface area (Å²) in [4.78, 5) is 6.02. The number of thiophene rings is 1. The summed E-state index contributed by atoms with van der Waals surface area (Å²) in [7, 11) is 0. The topological polar surface area (TPSA) is 24.4 Å². The van der Waals surface area contributed by atoms with E-state index in [0.717, 1.165) is 17.5 Å². The lowest BCUT2D eigenvalue weighted by atomic mass is 10.1. The number of nitrogens with zero attached hydrogens (tertiary/aromatic N) is 1. The van der Waals surface area contributed by atoms with Crippen LogP contribution in [-0.4, -0.2) is 17.0 Å². The van der Waals surface area contributed by atoms with E-state index in [1.165, 1.54) is 10.4 Å². The standard InChI is InChI=1S/C12H18N2S2/c1-8(2)10-7-16-12(14-10)13-6-11-9(3)4-5-15-11/h4-5,8,10H,6-7H2,1-3H3,(H,13,14)/t10-/m1/s1. The molecule has 0 aliphatic carbocycles. The smallest absolute Gasteiger partial charge is 0.157 e. The molecule has 2 nitrogen and oxygen atoms in total. The van der Waals surface area contributed by atoms with Gasteiger partial charge < -0.3 is 5.32 Å². The van der Waals surface area contributed by atoms with E-state index in [-0.39, 0.29) is 0 Å². The predicted octanol–water partition coefficient (Wildman–Crippen LogP) is 3.27. The van der Waals surface area contributed by atoms with Gasteiger partial charge in [0.05, 0.1) is 6.54 Å². The maximum Gasteiger partial charge on any atom is 0.157 e. The Morgan fingerprint density at radius 2 is 2.38 bits per heavy atom. The van der Waals surface area contributed by atoms with Crippen LogP contribution in [0.3, 0.4) is 0 Å². The Bertz CT molecular complexity index is 382. The molecular weight excluding hydrogens is 236 g/mol. The van der Waals surface area contributed by atoms with Crippen molar-refractivity contribution < 1.29 is 0 Å². The minimum absolute atomic E-state index is 0.591. The first-order valence-corrected chi connectivity index (χ1v) is 7.50. The second-order valence-corrected chi connectivity index (χ2v) is 6.46. The van der Waals surface area contributed by atoms with E-state index in [4.69, 9.17) is 0 Å². The van der Waals surface area contributed by atoms with Crippen molar-refractivity contribution in [3.8, 4) is 0 Å². The quantitative estimate of drug-likeness (QED) is 0.895. The van der Waals surface area contributed by atoms with Crippen molar-refractivity contribution in [1.29, 1.82) is 0 Å². The Kier molecular flexibility index (Phi) is 3.92. The van der Waals surface area contributed by atoms with Crippen molar-refractivity contribution >= 4 is 28.3 Å². The molecule has 0 bridgehead atoms. The number of thioether (sulfide) groups is 1. The van der Waals surface area contributed by atoms with Crippen LogP contribution in [0.5, 0.6) is 0 Å². The molecule has 1 N–H and O–H groups in total. The largest absolute Gasteiger partial charge is 0.361 e. The molecule has 0 spiro atoms. The Morgan fingerprint density at radius 1 is 1.56 bits per heavy atom. The predicted molar refractivity (Wildman–Crippen MR) is 74.4 cm³/mol. The average molecular weight is 254 g/mol. The van der Waals surface area contributed by atoms with Crippen molar-refractivity contribution in [3.05, 3.63) is 21.9 Å². The molecule has 1 atom stereocenters. The molecule has 0 saturated carbocycles. The van der Waals surface area contributed by atoms with E-state index in [0.29, 0.717) is 12.0 Å². The lowest BCUT2D eigenvalue weighted by Crippen LogP contribution is -2.31. The lowest BCUT2D eigenvalue weighted by Gasteiger charge is -2.12. The summed E-state index contributed by atoms with van der Waals surface area (Å²) in [5.41, 5.74) is 1.36. The summed E-state index contributed by atoms with van der Waals surface area (Å²) in [6.45, 7) is 7.48. The molecule has 4 heteroatoms. The maximum absolute atomic E-state index is 4.64. The van der Waals surface area contributed by atoms with E-state index in [1.54, 1.807) is 11.3 Å². The summed E-state index contributed by atoms with van der Waals surface area (Å²) in [5, 5.41) is 6.74. The van der Waals surface area contributed by atoms with Crippen molar-refractivity contribution in [2.75, 3.05) is 5.75 Å². The highest BCUT2D eigenvalue weighted by molar-refractivity contribution is 8.14. The molecule has 1 aromatic heterocycles. The summed E-state index contributed by atoms with van der Waals surface area (Å²) in [5.74, 6) is 1.84. The van der Waals surface area contributed by atoms with Gasteiger partial charge in [-0.25, -0.2) is 0 Å². The Hall–Kier alpha value is -0.480. The lowest BCUT2D eigenvalue weighted by molar-refractivity contribution is 0.503. The van der Waals surface area contributed by atoms with Gasteiger partial charge in [-0.15, -0.1) is 11.3 Å². The van der Waals surface area contributed by atoms with Gasteiger partial charge in [-0.2, -0.15) is 0 Å². The van der Waals surface area contributed by atoms with Crippen LogP contribution in [0.1, 0.15) is 24.3 Å². The van der Waals surface area contributed by atoms with Crippen LogP contribution in [0.25, 0.3) is 0 Å². The van der Waals surface area contributed by atoms with Gasteiger partial charge in [0.25, 0.3) is 0 Å². The fourth-order valence-electron chi connectivity index (χ4n) is 1.57. The normalized spacial score (nSPS) is 23.0. The van der Waals surface area contributed by atoms with Crippen molar-refractivity contribution in [2.45, 2.75) is 33.4 Å². The molecule has 1 aromatic rings. The van der Waals surface area contributed by atoms with Gasteiger partial charge in [-0.05, 0) is 29.9 Å². The summed E-state index contributed by atoms with van der Waals surface area (Å²) in [6, 6.07) is 2.75. The van der Waals surface area contributed by atoms with Gasteiger partial charge in [0.15, 0.2) is 5.17 Å². The molecule has 88 valence electrons. The first kappa shape index (κ1) is 12.0. The summed E-state index contributed by atoms with van der Waals surface area (Å²) < 4.78 is 0. The molecule has 1 fully saturated rings. The van der Waals surface area contributed by atoms with Crippen LogP contribution >= 0.6 is 23.1 Å². The molecule has 0 unspecified atom stereocenters. The van der Waals surface area contributed by atoms with E-state index in [9.17, 15) is 0 Å². The third-order valence-electron chi connectivity index (χ3n) is 2.85. The number of hydrogen-bond donors (Lipinski definition) is 1. The molecule has 1 saturated heterocycles. The second-order valence-electron chi connectivity index (χ2n) is 4.45. The molecule has 2 rings (SSSR count). The van der Waals surface area contributed by atoms with Crippen molar-refractivity contribution in [2.24, 2.45) is 10.9 Å². The van der Waals surface area contributed by atoms with Crippen LogP contribution in [0.4, 0.5) is 0 Å². The Labute approximate surface area is 106 Å². The van der Waals surface area contributed by atoms with Crippen LogP contribution in [0.2, 0.25) is 0 Å². The van der Waals surface area contributed by atoms with Crippen molar-refractivity contribution in [3.63, 3.8) is 0 Å². The van der Waals surface area contributed by atoms with E-state index in [1.807, 2.05) is 11.8 Å². The monoisotopic (exact) mass is 254 g/mol. The van der Waals surface area contributed by atoms with E-state index < -0.39 is 0 Å². The highest BCUT2D eigenvalue weighted by Crippen LogP contribution is 2.21. The van der Waals surface area contributed by atoms with Crippen LogP contribution < -0.4 is 5.32 Å². The molecule has 0 radical (unpaired) electrons. The number of aryl methyl sites for hydroxylation is 1. The SMILES string of the molecule is Cc1ccsc1CN=C1N[C@@H](C(C)C)CS1. The number of amidine groups is 1. The fraction of sp³-hybridized carbons (Fsp3) is 0.583. The van der Waals surface area contributed by atoms with Crippen LogP contribution in [0.15, 0.2) is 16.4 Å². The Balaban J connectivity index is 1.92. The second kappa shape index (κ2) is 5.23. The molecule has 1 aliphatic heterocycles. The van der Waals surface area contributed by atoms with Gasteiger partial charge in [0, 0.05) is 16.7 Å². The zero-order valence-corrected chi connectivity index (χ0v) is 11.6. The zero-order chi connectivity index (χ0) is 11.5. The molecule has 16 heavy (non-hydrogen) atoms. The number of aliphatic imine (C=N–C) groups is 1. The summed E-state index contributed by atoms with van der Waals surface area (Å²) >= 11 is 3.65. The van der Waals surface area contributed by atoms with Crippen molar-refractivity contribution in [1.82, 2.24) is 5.32 Å². The third kappa shape index (κ3) is 2.80. The first-order valence-electron chi connectivity index (χ1n) is 5.63. The van der Waals surface area contributed by atoms with Gasteiger partial charge in [-0.1, -0.05) is 25.6 Å². The van der Waals surface area contributed by atoms with Gasteiger partial charge in [-0.3, -0.25) is 4.99 Å². The maximum atomic E-state index is 4.64. The third-order valence-corrected chi connectivity index (χ3v) is 4.90. The molecule has 0 amide bonds. The fourth-order valence-corrected chi connectivity index (χ4v) is 3.60. The van der Waals surface area contributed by atoms with Crippen LogP contribution in [-0.2, 0) is 6.54 Å². The Morgan fingerprint density at radius 3 is 2.94 bits per heavy atom. The minimum Gasteiger partial charge on any atom is -0.361 e. The number of nitrogens with one attached hydrogen (secondary N) is 1. The number of hydrogen-bond acceptors (Lipinski definition) is 3. The van der Waals surface area contributed by atoms with E-state index in [2.05, 4.69) is 42.5 Å². The highest BCUT2D eigenvalue weighted by atomic mass is 32.2. The summed E-state index contributed by atoms with van der Waals surface area (Å²) in [6.07, 6.45) is 0.